The highest BCUT2D eigenvalue weighted by Gasteiger charge is 2.04. The number of ether oxygens (including phenoxy) is 1. The van der Waals surface area contributed by atoms with E-state index in [1.54, 1.807) is 23.5 Å². The number of thiazole rings is 1. The Labute approximate surface area is 123 Å². The SMILES string of the molecule is Cc1ncc(CN(C)CCOc2ccc(C#N)cc2)s1. The van der Waals surface area contributed by atoms with Crippen LogP contribution in [-0.2, 0) is 6.54 Å². The minimum Gasteiger partial charge on any atom is -0.492 e. The Hall–Kier alpha value is -1.90. The van der Waals surface area contributed by atoms with Gasteiger partial charge in [-0.1, -0.05) is 0 Å². The molecular weight excluding hydrogens is 270 g/mol. The van der Waals surface area contributed by atoms with Crippen LogP contribution in [0.1, 0.15) is 15.4 Å². The lowest BCUT2D eigenvalue weighted by Gasteiger charge is -2.15. The van der Waals surface area contributed by atoms with Crippen molar-refractivity contribution in [3.63, 3.8) is 0 Å². The van der Waals surface area contributed by atoms with E-state index in [1.807, 2.05) is 25.3 Å². The second kappa shape index (κ2) is 7.04. The molecule has 0 atom stereocenters. The molecule has 0 aliphatic rings. The summed E-state index contributed by atoms with van der Waals surface area (Å²) in [6, 6.07) is 9.26. The Morgan fingerprint density at radius 2 is 2.10 bits per heavy atom. The van der Waals surface area contributed by atoms with Crippen LogP contribution in [-0.4, -0.2) is 30.1 Å². The molecule has 0 saturated heterocycles. The van der Waals surface area contributed by atoms with E-state index in [1.165, 1.54) is 4.88 Å². The van der Waals surface area contributed by atoms with Crippen molar-refractivity contribution in [2.75, 3.05) is 20.2 Å². The fraction of sp³-hybridized carbons (Fsp3) is 0.333. The summed E-state index contributed by atoms with van der Waals surface area (Å²) in [6.07, 6.45) is 1.93. The molecule has 2 rings (SSSR count). The van der Waals surface area contributed by atoms with Crippen LogP contribution < -0.4 is 4.74 Å². The molecule has 2 aromatic rings. The van der Waals surface area contributed by atoms with Crippen molar-refractivity contribution in [2.45, 2.75) is 13.5 Å². The number of hydrogen-bond donors (Lipinski definition) is 0. The third-order valence-electron chi connectivity index (χ3n) is 2.82. The molecule has 1 aromatic heterocycles. The molecule has 0 unspecified atom stereocenters. The van der Waals surface area contributed by atoms with Crippen LogP contribution in [0.25, 0.3) is 0 Å². The largest absolute Gasteiger partial charge is 0.492 e. The lowest BCUT2D eigenvalue weighted by atomic mass is 10.2. The van der Waals surface area contributed by atoms with Gasteiger partial charge in [-0.25, -0.2) is 4.98 Å². The van der Waals surface area contributed by atoms with Gasteiger partial charge in [-0.3, -0.25) is 4.90 Å². The Kier molecular flexibility index (Phi) is 5.10. The molecular formula is C15H17N3OS. The van der Waals surface area contributed by atoms with Gasteiger partial charge in [0, 0.05) is 24.2 Å². The third-order valence-corrected chi connectivity index (χ3v) is 3.72. The number of rotatable bonds is 6. The molecule has 0 spiro atoms. The van der Waals surface area contributed by atoms with Crippen molar-refractivity contribution >= 4 is 11.3 Å². The second-order valence-electron chi connectivity index (χ2n) is 4.57. The highest BCUT2D eigenvalue weighted by molar-refractivity contribution is 7.11. The highest BCUT2D eigenvalue weighted by Crippen LogP contribution is 2.14. The average Bonchev–Trinajstić information content (AvgIpc) is 2.85. The highest BCUT2D eigenvalue weighted by atomic mass is 32.1. The van der Waals surface area contributed by atoms with E-state index in [4.69, 9.17) is 10.00 Å². The van der Waals surface area contributed by atoms with Gasteiger partial charge in [0.25, 0.3) is 0 Å². The molecule has 4 nitrogen and oxygen atoms in total. The lowest BCUT2D eigenvalue weighted by Crippen LogP contribution is -2.23. The Morgan fingerprint density at radius 1 is 1.35 bits per heavy atom. The summed E-state index contributed by atoms with van der Waals surface area (Å²) < 4.78 is 5.66. The Balaban J connectivity index is 1.73. The quantitative estimate of drug-likeness (QED) is 0.819. The summed E-state index contributed by atoms with van der Waals surface area (Å²) in [4.78, 5) is 7.72. The fourth-order valence-electron chi connectivity index (χ4n) is 1.77. The molecule has 0 N–H and O–H groups in total. The summed E-state index contributed by atoms with van der Waals surface area (Å²) in [7, 11) is 2.07. The van der Waals surface area contributed by atoms with Crippen molar-refractivity contribution < 1.29 is 4.74 Å². The van der Waals surface area contributed by atoms with Gasteiger partial charge in [-0.05, 0) is 38.2 Å². The Bertz CT molecular complexity index is 586. The van der Waals surface area contributed by atoms with E-state index in [-0.39, 0.29) is 0 Å². The van der Waals surface area contributed by atoms with Crippen LogP contribution in [0.3, 0.4) is 0 Å². The molecule has 104 valence electrons. The molecule has 1 heterocycles. The van der Waals surface area contributed by atoms with Crippen LogP contribution in [0.2, 0.25) is 0 Å². The van der Waals surface area contributed by atoms with E-state index in [2.05, 4.69) is 23.0 Å². The minimum absolute atomic E-state index is 0.625. The van der Waals surface area contributed by atoms with Gasteiger partial charge >= 0.3 is 0 Å². The zero-order valence-corrected chi connectivity index (χ0v) is 12.5. The molecule has 0 radical (unpaired) electrons. The normalized spacial score (nSPS) is 10.5. The number of aryl methyl sites for hydroxylation is 1. The minimum atomic E-state index is 0.625. The molecule has 0 amide bonds. The smallest absolute Gasteiger partial charge is 0.119 e. The lowest BCUT2D eigenvalue weighted by molar-refractivity contribution is 0.234. The maximum atomic E-state index is 8.72. The standard InChI is InChI=1S/C15H17N3OS/c1-12-17-10-15(20-12)11-18(2)7-8-19-14-5-3-13(9-16)4-6-14/h3-6,10H,7-8,11H2,1-2H3. The number of nitrogens with zero attached hydrogens (tertiary/aromatic N) is 3. The number of aromatic nitrogens is 1. The summed E-state index contributed by atoms with van der Waals surface area (Å²) in [5.74, 6) is 0.797. The molecule has 1 aromatic carbocycles. The second-order valence-corrected chi connectivity index (χ2v) is 5.89. The first kappa shape index (κ1) is 14.5. The summed E-state index contributed by atoms with van der Waals surface area (Å²) >= 11 is 1.73. The fourth-order valence-corrected chi connectivity index (χ4v) is 2.64. The number of hydrogen-bond acceptors (Lipinski definition) is 5. The zero-order valence-electron chi connectivity index (χ0n) is 11.7. The van der Waals surface area contributed by atoms with E-state index < -0.39 is 0 Å². The van der Waals surface area contributed by atoms with Gasteiger partial charge in [0.1, 0.15) is 12.4 Å². The van der Waals surface area contributed by atoms with Crippen molar-refractivity contribution in [3.05, 3.63) is 45.9 Å². The summed E-state index contributed by atoms with van der Waals surface area (Å²) in [5, 5.41) is 9.82. The van der Waals surface area contributed by atoms with Gasteiger partial charge in [0.15, 0.2) is 0 Å². The maximum Gasteiger partial charge on any atom is 0.119 e. The molecule has 5 heteroatoms. The predicted molar refractivity (Wildman–Crippen MR) is 79.8 cm³/mol. The van der Waals surface area contributed by atoms with E-state index >= 15 is 0 Å². The van der Waals surface area contributed by atoms with Gasteiger partial charge < -0.3 is 4.74 Å². The third kappa shape index (κ3) is 4.34. The van der Waals surface area contributed by atoms with E-state index in [9.17, 15) is 0 Å². The van der Waals surface area contributed by atoms with Crippen LogP contribution >= 0.6 is 11.3 Å². The first-order valence-corrected chi connectivity index (χ1v) is 7.22. The maximum absolute atomic E-state index is 8.72. The molecule has 0 bridgehead atoms. The first-order chi connectivity index (χ1) is 9.67. The number of benzene rings is 1. The molecule has 0 aliphatic heterocycles. The van der Waals surface area contributed by atoms with E-state index in [0.29, 0.717) is 12.2 Å². The van der Waals surface area contributed by atoms with Crippen LogP contribution in [0.4, 0.5) is 0 Å². The first-order valence-electron chi connectivity index (χ1n) is 6.40. The number of likely N-dealkylation sites (N-methyl/N-ethyl adjacent to an activating group) is 1. The van der Waals surface area contributed by atoms with Gasteiger partial charge in [0.2, 0.25) is 0 Å². The number of nitriles is 1. The van der Waals surface area contributed by atoms with Crippen LogP contribution in [0, 0.1) is 18.3 Å². The summed E-state index contributed by atoms with van der Waals surface area (Å²) in [6.45, 7) is 4.38. The van der Waals surface area contributed by atoms with Crippen molar-refractivity contribution in [1.82, 2.24) is 9.88 Å². The average molecular weight is 287 g/mol. The molecule has 0 saturated carbocycles. The molecule has 0 fully saturated rings. The molecule has 0 aliphatic carbocycles. The van der Waals surface area contributed by atoms with E-state index in [0.717, 1.165) is 23.8 Å². The van der Waals surface area contributed by atoms with Gasteiger partial charge in [-0.2, -0.15) is 5.26 Å². The zero-order chi connectivity index (χ0) is 14.4. The van der Waals surface area contributed by atoms with Gasteiger partial charge in [-0.15, -0.1) is 11.3 Å². The van der Waals surface area contributed by atoms with Gasteiger partial charge in [0.05, 0.1) is 16.6 Å². The van der Waals surface area contributed by atoms with Crippen LogP contribution in [0.5, 0.6) is 5.75 Å². The topological polar surface area (TPSA) is 49.2 Å². The summed E-state index contributed by atoms with van der Waals surface area (Å²) in [5.41, 5.74) is 0.648. The van der Waals surface area contributed by atoms with Crippen molar-refractivity contribution in [1.29, 1.82) is 5.26 Å². The predicted octanol–water partition coefficient (Wildman–Crippen LogP) is 2.83. The Morgan fingerprint density at radius 3 is 2.70 bits per heavy atom. The monoisotopic (exact) mass is 287 g/mol. The van der Waals surface area contributed by atoms with Crippen molar-refractivity contribution in [3.8, 4) is 11.8 Å². The van der Waals surface area contributed by atoms with Crippen molar-refractivity contribution in [2.24, 2.45) is 0 Å². The van der Waals surface area contributed by atoms with Crippen LogP contribution in [0.15, 0.2) is 30.5 Å². The molecule has 20 heavy (non-hydrogen) atoms.